The van der Waals surface area contributed by atoms with Crippen LogP contribution in [0.5, 0.6) is 0 Å². The average molecular weight is 210 g/mol. The third kappa shape index (κ3) is 1.36. The number of hydrogen-bond donors (Lipinski definition) is 2. The van der Waals surface area contributed by atoms with Crippen molar-refractivity contribution in [1.82, 2.24) is 9.80 Å². The van der Waals surface area contributed by atoms with Gasteiger partial charge in [0.05, 0.1) is 11.8 Å². The zero-order valence-corrected chi connectivity index (χ0v) is 8.56. The Bertz CT molecular complexity index is 341. The van der Waals surface area contributed by atoms with Gasteiger partial charge in [-0.05, 0) is 6.42 Å². The number of imide groups is 1. The number of likely N-dealkylation sites (tertiary alicyclic amines) is 2. The Morgan fingerprint density at radius 1 is 1.40 bits per heavy atom. The van der Waals surface area contributed by atoms with Gasteiger partial charge in [-0.3, -0.25) is 19.9 Å². The summed E-state index contributed by atoms with van der Waals surface area (Å²) in [5, 5.41) is 7.30. The second-order valence-electron chi connectivity index (χ2n) is 4.07. The van der Waals surface area contributed by atoms with Crippen LogP contribution in [0, 0.1) is 17.2 Å². The van der Waals surface area contributed by atoms with E-state index in [1.165, 1.54) is 11.9 Å². The Morgan fingerprint density at radius 2 is 2.00 bits per heavy atom. The van der Waals surface area contributed by atoms with Crippen LogP contribution in [0.1, 0.15) is 6.42 Å². The van der Waals surface area contributed by atoms with Crippen LogP contribution in [0.3, 0.4) is 0 Å². The van der Waals surface area contributed by atoms with E-state index in [0.29, 0.717) is 19.5 Å². The molecule has 2 amide bonds. The van der Waals surface area contributed by atoms with Crippen molar-refractivity contribution in [2.75, 3.05) is 20.1 Å². The van der Waals surface area contributed by atoms with Crippen molar-refractivity contribution in [2.24, 2.45) is 17.6 Å². The topological polar surface area (TPSA) is 90.5 Å². The zero-order chi connectivity index (χ0) is 11.2. The van der Waals surface area contributed by atoms with E-state index >= 15 is 0 Å². The third-order valence-corrected chi connectivity index (χ3v) is 3.25. The number of carbonyl (C=O) groups is 2. The van der Waals surface area contributed by atoms with Gasteiger partial charge in [0.25, 0.3) is 0 Å². The molecule has 0 spiro atoms. The van der Waals surface area contributed by atoms with Crippen molar-refractivity contribution in [3.8, 4) is 0 Å². The lowest BCUT2D eigenvalue weighted by Crippen LogP contribution is -2.47. The maximum absolute atomic E-state index is 11.7. The first kappa shape index (κ1) is 9.95. The van der Waals surface area contributed by atoms with Gasteiger partial charge in [-0.15, -0.1) is 0 Å². The van der Waals surface area contributed by atoms with Crippen molar-refractivity contribution in [3.63, 3.8) is 0 Å². The fraction of sp³-hybridized carbons (Fsp3) is 0.667. The molecule has 2 rings (SSSR count). The summed E-state index contributed by atoms with van der Waals surface area (Å²) in [6, 6.07) is 0. The minimum Gasteiger partial charge on any atom is -0.370 e. The molecule has 2 fully saturated rings. The summed E-state index contributed by atoms with van der Waals surface area (Å²) >= 11 is 0. The molecule has 2 atom stereocenters. The molecule has 0 aliphatic carbocycles. The van der Waals surface area contributed by atoms with E-state index in [1.807, 2.05) is 0 Å². The van der Waals surface area contributed by atoms with Gasteiger partial charge in [0.1, 0.15) is 0 Å². The first-order valence-corrected chi connectivity index (χ1v) is 4.92. The number of rotatable bonds is 0. The van der Waals surface area contributed by atoms with E-state index in [2.05, 4.69) is 0 Å². The summed E-state index contributed by atoms with van der Waals surface area (Å²) in [4.78, 5) is 26.2. The molecule has 82 valence electrons. The predicted molar refractivity (Wildman–Crippen MR) is 52.9 cm³/mol. The molecule has 0 bridgehead atoms. The SMILES string of the molecule is CN1C(=O)[C@H]2CCN(C(=N)N)C[C@H]2C1=O. The van der Waals surface area contributed by atoms with Gasteiger partial charge in [0, 0.05) is 20.1 Å². The molecule has 6 heteroatoms. The number of guanidine groups is 1. The van der Waals surface area contributed by atoms with Crippen LogP contribution >= 0.6 is 0 Å². The summed E-state index contributed by atoms with van der Waals surface area (Å²) in [6.07, 6.45) is 0.610. The molecular weight excluding hydrogens is 196 g/mol. The standard InChI is InChI=1S/C9H14N4O2/c1-12-7(14)5-2-3-13(9(10)11)4-6(5)8(12)15/h5-6H,2-4H2,1H3,(H3,10,11)/t5-,6+/m0/s1. The maximum Gasteiger partial charge on any atom is 0.234 e. The van der Waals surface area contributed by atoms with Crippen molar-refractivity contribution < 1.29 is 9.59 Å². The molecule has 2 aliphatic heterocycles. The van der Waals surface area contributed by atoms with Gasteiger partial charge in [0.2, 0.25) is 11.8 Å². The zero-order valence-electron chi connectivity index (χ0n) is 8.56. The van der Waals surface area contributed by atoms with Crippen LogP contribution in [0.15, 0.2) is 0 Å². The highest BCUT2D eigenvalue weighted by Crippen LogP contribution is 2.32. The highest BCUT2D eigenvalue weighted by molar-refractivity contribution is 6.05. The molecule has 0 unspecified atom stereocenters. The molecule has 0 radical (unpaired) electrons. The molecule has 3 N–H and O–H groups in total. The number of nitrogens with one attached hydrogen (secondary N) is 1. The Kier molecular flexibility index (Phi) is 2.13. The summed E-state index contributed by atoms with van der Waals surface area (Å²) in [6.45, 7) is 0.984. The summed E-state index contributed by atoms with van der Waals surface area (Å²) in [5.41, 5.74) is 5.36. The van der Waals surface area contributed by atoms with Crippen molar-refractivity contribution in [1.29, 1.82) is 5.41 Å². The molecule has 6 nitrogen and oxygen atoms in total. The van der Waals surface area contributed by atoms with Gasteiger partial charge >= 0.3 is 0 Å². The molecule has 15 heavy (non-hydrogen) atoms. The van der Waals surface area contributed by atoms with Crippen molar-refractivity contribution >= 4 is 17.8 Å². The largest absolute Gasteiger partial charge is 0.370 e. The molecule has 2 saturated heterocycles. The summed E-state index contributed by atoms with van der Waals surface area (Å²) in [5.74, 6) is -0.759. The number of nitrogens with two attached hydrogens (primary N) is 1. The Morgan fingerprint density at radius 3 is 2.60 bits per heavy atom. The van der Waals surface area contributed by atoms with E-state index in [9.17, 15) is 9.59 Å². The summed E-state index contributed by atoms with van der Waals surface area (Å²) in [7, 11) is 1.51. The lowest BCUT2D eigenvalue weighted by Gasteiger charge is -2.32. The van der Waals surface area contributed by atoms with E-state index in [4.69, 9.17) is 11.1 Å². The van der Waals surface area contributed by atoms with Crippen LogP contribution in [-0.4, -0.2) is 47.7 Å². The normalized spacial score (nSPS) is 30.7. The minimum absolute atomic E-state index is 0.0248. The molecule has 2 aliphatic rings. The van der Waals surface area contributed by atoms with E-state index in [-0.39, 0.29) is 29.6 Å². The van der Waals surface area contributed by atoms with Gasteiger partial charge in [-0.2, -0.15) is 0 Å². The predicted octanol–water partition coefficient (Wildman–Crippen LogP) is -1.18. The first-order valence-electron chi connectivity index (χ1n) is 4.92. The average Bonchev–Trinajstić information content (AvgIpc) is 2.44. The Balaban J connectivity index is 2.18. The molecule has 2 heterocycles. The second-order valence-corrected chi connectivity index (χ2v) is 4.07. The molecule has 0 aromatic carbocycles. The lowest BCUT2D eigenvalue weighted by atomic mass is 9.88. The van der Waals surface area contributed by atoms with E-state index < -0.39 is 0 Å². The van der Waals surface area contributed by atoms with Crippen LogP contribution in [0.4, 0.5) is 0 Å². The second kappa shape index (κ2) is 3.22. The van der Waals surface area contributed by atoms with E-state index in [0.717, 1.165) is 0 Å². The van der Waals surface area contributed by atoms with Crippen LogP contribution in [0.2, 0.25) is 0 Å². The lowest BCUT2D eigenvalue weighted by molar-refractivity contribution is -0.138. The number of fused-ring (bicyclic) bond motifs is 1. The first-order chi connectivity index (χ1) is 7.02. The van der Waals surface area contributed by atoms with Gasteiger partial charge < -0.3 is 10.6 Å². The number of nitrogens with zero attached hydrogens (tertiary/aromatic N) is 2. The van der Waals surface area contributed by atoms with Crippen molar-refractivity contribution in [3.05, 3.63) is 0 Å². The van der Waals surface area contributed by atoms with Crippen molar-refractivity contribution in [2.45, 2.75) is 6.42 Å². The van der Waals surface area contributed by atoms with Crippen LogP contribution in [-0.2, 0) is 9.59 Å². The number of piperidine rings is 1. The van der Waals surface area contributed by atoms with E-state index in [1.54, 1.807) is 4.90 Å². The number of carbonyl (C=O) groups excluding carboxylic acids is 2. The highest BCUT2D eigenvalue weighted by Gasteiger charge is 2.48. The Hall–Kier alpha value is -1.59. The quantitative estimate of drug-likeness (QED) is 0.299. The molecule has 0 aromatic heterocycles. The van der Waals surface area contributed by atoms with Gasteiger partial charge in [-0.1, -0.05) is 0 Å². The minimum atomic E-state index is -0.305. The third-order valence-electron chi connectivity index (χ3n) is 3.25. The summed E-state index contributed by atoms with van der Waals surface area (Å²) < 4.78 is 0. The van der Waals surface area contributed by atoms with Crippen LogP contribution < -0.4 is 5.73 Å². The number of hydrogen-bond acceptors (Lipinski definition) is 3. The highest BCUT2D eigenvalue weighted by atomic mass is 16.2. The van der Waals surface area contributed by atoms with Gasteiger partial charge in [0.15, 0.2) is 5.96 Å². The van der Waals surface area contributed by atoms with Crippen LogP contribution in [0.25, 0.3) is 0 Å². The molecule has 0 saturated carbocycles. The fourth-order valence-electron chi connectivity index (χ4n) is 2.32. The monoisotopic (exact) mass is 210 g/mol. The Labute approximate surface area is 87.5 Å². The molecule has 0 aromatic rings. The van der Waals surface area contributed by atoms with Gasteiger partial charge in [-0.25, -0.2) is 0 Å². The fourth-order valence-corrected chi connectivity index (χ4v) is 2.32. The smallest absolute Gasteiger partial charge is 0.234 e. The molecular formula is C9H14N4O2. The number of amides is 2. The maximum atomic E-state index is 11.7.